The minimum absolute atomic E-state index is 0.0673. The molecule has 0 saturated heterocycles. The van der Waals surface area contributed by atoms with E-state index in [1.54, 1.807) is 19.3 Å². The Morgan fingerprint density at radius 3 is 3.14 bits per heavy atom. The molecule has 5 nitrogen and oxygen atoms in total. The van der Waals surface area contributed by atoms with Gasteiger partial charge in [0.2, 0.25) is 5.91 Å². The molecule has 0 aromatic carbocycles. The van der Waals surface area contributed by atoms with Gasteiger partial charge in [-0.3, -0.25) is 4.79 Å². The van der Waals surface area contributed by atoms with Crippen LogP contribution in [-0.2, 0) is 11.3 Å². The van der Waals surface area contributed by atoms with Crippen LogP contribution in [0, 0.1) is 0 Å². The van der Waals surface area contributed by atoms with Crippen LogP contribution in [-0.4, -0.2) is 27.1 Å². The van der Waals surface area contributed by atoms with Crippen LogP contribution in [0.3, 0.4) is 0 Å². The molecule has 5 heteroatoms. The second kappa shape index (κ2) is 5.39. The molecular formula is C9H15N3O2. The summed E-state index contributed by atoms with van der Waals surface area (Å²) in [5.74, 6) is 0.665. The number of imidazole rings is 1. The number of aliphatic hydroxyl groups excluding tert-OH is 1. The summed E-state index contributed by atoms with van der Waals surface area (Å²) in [4.78, 5) is 18.0. The summed E-state index contributed by atoms with van der Waals surface area (Å²) in [6.07, 6.45) is 3.75. The molecule has 0 saturated carbocycles. The number of carbonyl (C=O) groups excluding carboxylic acids is 1. The van der Waals surface area contributed by atoms with Gasteiger partial charge in [0.25, 0.3) is 0 Å². The van der Waals surface area contributed by atoms with Crippen molar-refractivity contribution in [3.63, 3.8) is 0 Å². The fraction of sp³-hybridized carbons (Fsp3) is 0.556. The van der Waals surface area contributed by atoms with E-state index in [2.05, 4.69) is 15.3 Å². The summed E-state index contributed by atoms with van der Waals surface area (Å²) >= 11 is 0. The first-order chi connectivity index (χ1) is 6.68. The highest BCUT2D eigenvalue weighted by molar-refractivity contribution is 5.75. The van der Waals surface area contributed by atoms with E-state index >= 15 is 0 Å². The molecular weight excluding hydrogens is 182 g/mol. The van der Waals surface area contributed by atoms with Crippen molar-refractivity contribution in [1.82, 2.24) is 15.3 Å². The molecule has 1 atom stereocenters. The monoisotopic (exact) mass is 197 g/mol. The van der Waals surface area contributed by atoms with Crippen LogP contribution in [0.4, 0.5) is 0 Å². The molecule has 1 amide bonds. The van der Waals surface area contributed by atoms with Crippen molar-refractivity contribution in [2.24, 2.45) is 0 Å². The largest absolute Gasteiger partial charge is 0.393 e. The number of H-pyrrole nitrogens is 1. The van der Waals surface area contributed by atoms with Gasteiger partial charge in [0.1, 0.15) is 5.82 Å². The predicted molar refractivity (Wildman–Crippen MR) is 51.3 cm³/mol. The third-order valence-corrected chi connectivity index (χ3v) is 1.80. The number of hydrogen-bond acceptors (Lipinski definition) is 3. The maximum Gasteiger partial charge on any atom is 0.220 e. The van der Waals surface area contributed by atoms with Crippen LogP contribution in [0.25, 0.3) is 0 Å². The van der Waals surface area contributed by atoms with E-state index in [1.807, 2.05) is 0 Å². The highest BCUT2D eigenvalue weighted by Gasteiger charge is 2.04. The van der Waals surface area contributed by atoms with Gasteiger partial charge in [-0.2, -0.15) is 0 Å². The molecule has 0 fully saturated rings. The molecule has 1 heterocycles. The molecule has 1 aromatic heterocycles. The van der Waals surface area contributed by atoms with Gasteiger partial charge in [-0.05, 0) is 13.3 Å². The second-order valence-corrected chi connectivity index (χ2v) is 3.20. The van der Waals surface area contributed by atoms with E-state index in [-0.39, 0.29) is 5.91 Å². The average molecular weight is 197 g/mol. The first-order valence-electron chi connectivity index (χ1n) is 4.61. The van der Waals surface area contributed by atoms with E-state index in [9.17, 15) is 4.79 Å². The number of rotatable bonds is 5. The number of hydrogen-bond donors (Lipinski definition) is 3. The Bertz CT molecular complexity index is 270. The Hall–Kier alpha value is -1.36. The zero-order valence-corrected chi connectivity index (χ0v) is 8.16. The molecule has 14 heavy (non-hydrogen) atoms. The van der Waals surface area contributed by atoms with Crippen molar-refractivity contribution in [3.05, 3.63) is 18.2 Å². The maximum atomic E-state index is 11.2. The van der Waals surface area contributed by atoms with Crippen LogP contribution in [0.2, 0.25) is 0 Å². The Kier molecular flexibility index (Phi) is 4.12. The van der Waals surface area contributed by atoms with Crippen molar-refractivity contribution >= 4 is 5.91 Å². The number of amides is 1. The Morgan fingerprint density at radius 1 is 1.79 bits per heavy atom. The minimum Gasteiger partial charge on any atom is -0.393 e. The predicted octanol–water partition coefficient (Wildman–Crippen LogP) is 0.187. The quantitative estimate of drug-likeness (QED) is 0.630. The Labute approximate surface area is 82.6 Å². The van der Waals surface area contributed by atoms with Crippen LogP contribution >= 0.6 is 0 Å². The summed E-state index contributed by atoms with van der Waals surface area (Å²) in [5, 5.41) is 11.7. The minimum atomic E-state index is -0.427. The smallest absolute Gasteiger partial charge is 0.220 e. The first-order valence-corrected chi connectivity index (χ1v) is 4.61. The molecule has 1 rings (SSSR count). The van der Waals surface area contributed by atoms with Gasteiger partial charge >= 0.3 is 0 Å². The molecule has 0 aliphatic rings. The third kappa shape index (κ3) is 4.04. The lowest BCUT2D eigenvalue weighted by molar-refractivity contribution is -0.121. The van der Waals surface area contributed by atoms with Crippen molar-refractivity contribution in [2.45, 2.75) is 32.4 Å². The molecule has 0 aliphatic heterocycles. The van der Waals surface area contributed by atoms with E-state index in [1.165, 1.54) is 0 Å². The molecule has 1 aromatic rings. The maximum absolute atomic E-state index is 11.2. The fourth-order valence-corrected chi connectivity index (χ4v) is 1.01. The highest BCUT2D eigenvalue weighted by Crippen LogP contribution is 1.95. The molecule has 78 valence electrons. The number of nitrogens with one attached hydrogen (secondary N) is 2. The van der Waals surface area contributed by atoms with E-state index in [4.69, 9.17) is 5.11 Å². The standard InChI is InChI=1S/C9H15N3O2/c1-7(13)2-3-9(14)12-6-8-10-4-5-11-8/h4-5,7,13H,2-3,6H2,1H3,(H,10,11)(H,12,14). The van der Waals surface area contributed by atoms with Gasteiger partial charge in [0, 0.05) is 18.8 Å². The SMILES string of the molecule is CC(O)CCC(=O)NCc1ncc[nH]1. The summed E-state index contributed by atoms with van der Waals surface area (Å²) in [6.45, 7) is 2.07. The fourth-order valence-electron chi connectivity index (χ4n) is 1.01. The van der Waals surface area contributed by atoms with Crippen molar-refractivity contribution in [3.8, 4) is 0 Å². The number of carbonyl (C=O) groups is 1. The van der Waals surface area contributed by atoms with Gasteiger partial charge in [-0.25, -0.2) is 4.98 Å². The average Bonchev–Trinajstić information content (AvgIpc) is 2.63. The van der Waals surface area contributed by atoms with Crippen molar-refractivity contribution in [1.29, 1.82) is 0 Å². The number of aromatic amines is 1. The lowest BCUT2D eigenvalue weighted by Crippen LogP contribution is -2.24. The van der Waals surface area contributed by atoms with Crippen molar-refractivity contribution in [2.75, 3.05) is 0 Å². The number of aliphatic hydroxyl groups is 1. The molecule has 1 unspecified atom stereocenters. The lowest BCUT2D eigenvalue weighted by Gasteiger charge is -2.04. The first kappa shape index (κ1) is 10.7. The highest BCUT2D eigenvalue weighted by atomic mass is 16.3. The lowest BCUT2D eigenvalue weighted by atomic mass is 10.2. The van der Waals surface area contributed by atoms with E-state index in [0.717, 1.165) is 5.82 Å². The number of aromatic nitrogens is 2. The molecule has 3 N–H and O–H groups in total. The van der Waals surface area contributed by atoms with E-state index < -0.39 is 6.10 Å². The van der Waals surface area contributed by atoms with Gasteiger partial charge in [0.15, 0.2) is 0 Å². The summed E-state index contributed by atoms with van der Waals surface area (Å²) < 4.78 is 0. The van der Waals surface area contributed by atoms with Gasteiger partial charge in [0.05, 0.1) is 12.6 Å². The topological polar surface area (TPSA) is 78.0 Å². The van der Waals surface area contributed by atoms with Gasteiger partial charge in [-0.1, -0.05) is 0 Å². The van der Waals surface area contributed by atoms with Crippen LogP contribution < -0.4 is 5.32 Å². The molecule has 0 radical (unpaired) electrons. The van der Waals surface area contributed by atoms with Crippen LogP contribution in [0.15, 0.2) is 12.4 Å². The zero-order valence-electron chi connectivity index (χ0n) is 8.16. The molecule has 0 aliphatic carbocycles. The third-order valence-electron chi connectivity index (χ3n) is 1.80. The van der Waals surface area contributed by atoms with Crippen molar-refractivity contribution < 1.29 is 9.90 Å². The molecule has 0 bridgehead atoms. The summed E-state index contributed by atoms with van der Waals surface area (Å²) in [5.41, 5.74) is 0. The Balaban J connectivity index is 2.15. The van der Waals surface area contributed by atoms with Crippen LogP contribution in [0.1, 0.15) is 25.6 Å². The number of nitrogens with zero attached hydrogens (tertiary/aromatic N) is 1. The summed E-state index contributed by atoms with van der Waals surface area (Å²) in [6, 6.07) is 0. The van der Waals surface area contributed by atoms with Gasteiger partial charge < -0.3 is 15.4 Å². The normalized spacial score (nSPS) is 12.4. The Morgan fingerprint density at radius 2 is 2.57 bits per heavy atom. The summed E-state index contributed by atoms with van der Waals surface area (Å²) in [7, 11) is 0. The van der Waals surface area contributed by atoms with Crippen LogP contribution in [0.5, 0.6) is 0 Å². The van der Waals surface area contributed by atoms with Gasteiger partial charge in [-0.15, -0.1) is 0 Å². The molecule has 0 spiro atoms. The zero-order chi connectivity index (χ0) is 10.4. The van der Waals surface area contributed by atoms with E-state index in [0.29, 0.717) is 19.4 Å². The second-order valence-electron chi connectivity index (χ2n) is 3.20.